The van der Waals surface area contributed by atoms with Gasteiger partial charge >= 0.3 is 0 Å². The van der Waals surface area contributed by atoms with E-state index >= 15 is 0 Å². The van der Waals surface area contributed by atoms with Gasteiger partial charge < -0.3 is 19.1 Å². The number of carbonyl (C=O) groups excluding carboxylic acids is 1. The van der Waals surface area contributed by atoms with Gasteiger partial charge in [0.2, 0.25) is 0 Å². The fourth-order valence-electron chi connectivity index (χ4n) is 3.51. The van der Waals surface area contributed by atoms with E-state index < -0.39 is 20.8 Å². The Hall–Kier alpha value is -3.34. The highest BCUT2D eigenvalue weighted by Crippen LogP contribution is 2.29. The molecule has 0 saturated carbocycles. The Kier molecular flexibility index (Phi) is 7.18. The summed E-state index contributed by atoms with van der Waals surface area (Å²) in [5.41, 5.74) is 0.658. The van der Waals surface area contributed by atoms with Crippen molar-refractivity contribution < 1.29 is 32.3 Å². The molecule has 32 heavy (non-hydrogen) atoms. The summed E-state index contributed by atoms with van der Waals surface area (Å²) in [6, 6.07) is 10.1. The van der Waals surface area contributed by atoms with Gasteiger partial charge in [-0.3, -0.25) is 14.9 Å². The van der Waals surface area contributed by atoms with Crippen LogP contribution in [0.2, 0.25) is 0 Å². The van der Waals surface area contributed by atoms with Crippen LogP contribution in [0, 0.1) is 10.1 Å². The number of hydrogen-bond donors (Lipinski definition) is 0. The Labute approximate surface area is 185 Å². The highest BCUT2D eigenvalue weighted by atomic mass is 32.2. The molecule has 3 rings (SSSR count). The molecule has 2 aromatic carbocycles. The van der Waals surface area contributed by atoms with Crippen molar-refractivity contribution in [3.63, 3.8) is 0 Å². The van der Waals surface area contributed by atoms with E-state index in [-0.39, 0.29) is 36.3 Å². The highest BCUT2D eigenvalue weighted by molar-refractivity contribution is 7.91. The van der Waals surface area contributed by atoms with Crippen LogP contribution in [0.4, 0.5) is 5.69 Å². The smallest absolute Gasteiger partial charge is 0.269 e. The number of nitro benzene ring substituents is 1. The van der Waals surface area contributed by atoms with Gasteiger partial charge in [-0.1, -0.05) is 6.07 Å². The van der Waals surface area contributed by atoms with Crippen molar-refractivity contribution in [1.82, 2.24) is 4.90 Å². The SMILES string of the molecule is COc1ccc(CN(C(=O)COc2ccc([N+](=O)[O-])cc2)C2CCS(=O)(=O)C2)cc1OC. The van der Waals surface area contributed by atoms with E-state index in [1.165, 1.54) is 43.4 Å². The van der Waals surface area contributed by atoms with Crippen molar-refractivity contribution in [2.24, 2.45) is 0 Å². The third-order valence-corrected chi connectivity index (χ3v) is 6.93. The summed E-state index contributed by atoms with van der Waals surface area (Å²) in [6.45, 7) is -0.162. The predicted octanol–water partition coefficient (Wildman–Crippen LogP) is 2.21. The van der Waals surface area contributed by atoms with E-state index in [4.69, 9.17) is 14.2 Å². The monoisotopic (exact) mass is 464 g/mol. The normalized spacial score (nSPS) is 16.9. The molecular weight excluding hydrogens is 440 g/mol. The molecule has 0 radical (unpaired) electrons. The lowest BCUT2D eigenvalue weighted by molar-refractivity contribution is -0.384. The summed E-state index contributed by atoms with van der Waals surface area (Å²) in [6.07, 6.45) is 0.346. The van der Waals surface area contributed by atoms with Gasteiger partial charge in [0.05, 0.1) is 30.6 Å². The topological polar surface area (TPSA) is 125 Å². The maximum absolute atomic E-state index is 13.0. The number of nitrogens with zero attached hydrogens (tertiary/aromatic N) is 2. The molecule has 1 aliphatic rings. The first-order chi connectivity index (χ1) is 15.2. The standard InChI is InChI=1S/C21H24N2O8S/c1-29-19-8-3-15(11-20(19)30-2)12-22(17-9-10-32(27,28)14-17)21(24)13-31-18-6-4-16(5-7-18)23(25)26/h3-8,11,17H,9-10,12-14H2,1-2H3. The first kappa shape index (κ1) is 23.3. The number of non-ortho nitro benzene ring substituents is 1. The number of benzene rings is 2. The Morgan fingerprint density at radius 3 is 2.38 bits per heavy atom. The molecule has 2 aromatic rings. The van der Waals surface area contributed by atoms with Crippen LogP contribution in [-0.4, -0.2) is 62.5 Å². The van der Waals surface area contributed by atoms with Crippen LogP contribution in [0.3, 0.4) is 0 Å². The van der Waals surface area contributed by atoms with Crippen molar-refractivity contribution in [2.75, 3.05) is 32.3 Å². The number of nitro groups is 1. The van der Waals surface area contributed by atoms with E-state index in [1.807, 2.05) is 0 Å². The fraction of sp³-hybridized carbons (Fsp3) is 0.381. The molecule has 1 heterocycles. The van der Waals surface area contributed by atoms with Crippen LogP contribution >= 0.6 is 0 Å². The lowest BCUT2D eigenvalue weighted by atomic mass is 10.1. The molecule has 0 N–H and O–H groups in total. The number of methoxy groups -OCH3 is 2. The molecule has 1 unspecified atom stereocenters. The van der Waals surface area contributed by atoms with Crippen molar-refractivity contribution in [2.45, 2.75) is 19.0 Å². The number of hydrogen-bond acceptors (Lipinski definition) is 8. The van der Waals surface area contributed by atoms with E-state index in [9.17, 15) is 23.3 Å². The molecule has 10 nitrogen and oxygen atoms in total. The zero-order chi connectivity index (χ0) is 23.3. The van der Waals surface area contributed by atoms with Gasteiger partial charge in [0.1, 0.15) is 5.75 Å². The second-order valence-electron chi connectivity index (χ2n) is 7.31. The van der Waals surface area contributed by atoms with Crippen molar-refractivity contribution in [1.29, 1.82) is 0 Å². The first-order valence-electron chi connectivity index (χ1n) is 9.80. The number of ether oxygens (including phenoxy) is 3. The summed E-state index contributed by atoms with van der Waals surface area (Å²) < 4.78 is 40.1. The molecule has 0 aromatic heterocycles. The fourth-order valence-corrected chi connectivity index (χ4v) is 5.24. The van der Waals surface area contributed by atoms with Crippen molar-refractivity contribution in [3.05, 3.63) is 58.1 Å². The van der Waals surface area contributed by atoms with Crippen LogP contribution < -0.4 is 14.2 Å². The molecule has 0 bridgehead atoms. The van der Waals surface area contributed by atoms with Gasteiger partial charge in [0, 0.05) is 24.7 Å². The lowest BCUT2D eigenvalue weighted by Gasteiger charge is -2.28. The molecule has 0 aliphatic carbocycles. The summed E-state index contributed by atoms with van der Waals surface area (Å²) in [5, 5.41) is 10.8. The van der Waals surface area contributed by atoms with Gasteiger partial charge in [-0.25, -0.2) is 8.42 Å². The molecular formula is C21H24N2O8S. The highest BCUT2D eigenvalue weighted by Gasteiger charge is 2.35. The molecule has 1 aliphatic heterocycles. The van der Waals surface area contributed by atoms with Crippen molar-refractivity contribution in [3.8, 4) is 17.2 Å². The molecule has 1 saturated heterocycles. The van der Waals surface area contributed by atoms with Crippen molar-refractivity contribution >= 4 is 21.4 Å². The molecule has 1 atom stereocenters. The van der Waals surface area contributed by atoms with E-state index in [2.05, 4.69) is 0 Å². The van der Waals surface area contributed by atoms with Gasteiger partial charge in [-0.05, 0) is 36.2 Å². The second-order valence-corrected chi connectivity index (χ2v) is 9.54. The minimum Gasteiger partial charge on any atom is -0.493 e. The lowest BCUT2D eigenvalue weighted by Crippen LogP contribution is -2.43. The quantitative estimate of drug-likeness (QED) is 0.408. The Bertz CT molecular complexity index is 1090. The molecule has 0 spiro atoms. The predicted molar refractivity (Wildman–Crippen MR) is 116 cm³/mol. The van der Waals surface area contributed by atoms with Crippen LogP contribution in [0.1, 0.15) is 12.0 Å². The largest absolute Gasteiger partial charge is 0.493 e. The Morgan fingerprint density at radius 1 is 1.12 bits per heavy atom. The summed E-state index contributed by atoms with van der Waals surface area (Å²) in [4.78, 5) is 24.7. The molecule has 172 valence electrons. The molecule has 1 amide bonds. The van der Waals surface area contributed by atoms with Crippen LogP contribution in [0.25, 0.3) is 0 Å². The summed E-state index contributed by atoms with van der Waals surface area (Å²) >= 11 is 0. The number of amides is 1. The van der Waals surface area contributed by atoms with Crippen LogP contribution in [0.5, 0.6) is 17.2 Å². The zero-order valence-electron chi connectivity index (χ0n) is 17.7. The third kappa shape index (κ3) is 5.67. The molecule has 11 heteroatoms. The maximum Gasteiger partial charge on any atom is 0.269 e. The van der Waals surface area contributed by atoms with E-state index in [1.54, 1.807) is 18.2 Å². The van der Waals surface area contributed by atoms with Gasteiger partial charge in [-0.15, -0.1) is 0 Å². The number of carbonyl (C=O) groups is 1. The second kappa shape index (κ2) is 9.86. The summed E-state index contributed by atoms with van der Waals surface area (Å²) in [5.74, 6) is 0.868. The van der Waals surface area contributed by atoms with Gasteiger partial charge in [-0.2, -0.15) is 0 Å². The first-order valence-corrected chi connectivity index (χ1v) is 11.6. The minimum absolute atomic E-state index is 0.0244. The van der Waals surface area contributed by atoms with Crippen LogP contribution in [-0.2, 0) is 21.2 Å². The maximum atomic E-state index is 13.0. The number of sulfone groups is 1. The Morgan fingerprint density at radius 2 is 1.81 bits per heavy atom. The van der Waals surface area contributed by atoms with Gasteiger partial charge in [0.15, 0.2) is 27.9 Å². The minimum atomic E-state index is -3.21. The number of rotatable bonds is 9. The third-order valence-electron chi connectivity index (χ3n) is 5.18. The molecule has 1 fully saturated rings. The average molecular weight is 464 g/mol. The van der Waals surface area contributed by atoms with Crippen LogP contribution in [0.15, 0.2) is 42.5 Å². The van der Waals surface area contributed by atoms with Gasteiger partial charge in [0.25, 0.3) is 11.6 Å². The van der Waals surface area contributed by atoms with E-state index in [0.29, 0.717) is 23.7 Å². The summed E-state index contributed by atoms with van der Waals surface area (Å²) in [7, 11) is -0.187. The van der Waals surface area contributed by atoms with E-state index in [0.717, 1.165) is 5.56 Å². The average Bonchev–Trinajstić information content (AvgIpc) is 3.15. The Balaban J connectivity index is 1.76. The zero-order valence-corrected chi connectivity index (χ0v) is 18.5.